The third-order valence-corrected chi connectivity index (χ3v) is 28.4. The normalized spacial score (nSPS) is 17.3. The lowest BCUT2D eigenvalue weighted by Crippen LogP contribution is -2.43. The highest BCUT2D eigenvalue weighted by Crippen LogP contribution is 2.48. The quantitative estimate of drug-likeness (QED) is 0.0357. The molecule has 15 aromatic rings. The van der Waals surface area contributed by atoms with E-state index in [4.69, 9.17) is 67.5 Å². The van der Waals surface area contributed by atoms with Gasteiger partial charge in [-0.1, -0.05) is 131 Å². The summed E-state index contributed by atoms with van der Waals surface area (Å²) in [7, 11) is 0. The summed E-state index contributed by atoms with van der Waals surface area (Å²) in [6, 6.07) is 68.2. The Morgan fingerprint density at radius 1 is 0.272 bits per heavy atom. The number of aryl methyl sites for hydroxylation is 5. The Morgan fingerprint density at radius 3 is 0.735 bits per heavy atom. The van der Waals surface area contributed by atoms with Crippen molar-refractivity contribution in [3.05, 3.63) is 419 Å². The van der Waals surface area contributed by atoms with Crippen LogP contribution in [-0.2, 0) is 9.47 Å². The third kappa shape index (κ3) is 28.3. The fourth-order valence-electron chi connectivity index (χ4n) is 20.6. The zero-order valence-electron chi connectivity index (χ0n) is 82.8. The van der Waals surface area contributed by atoms with Gasteiger partial charge in [-0.15, -0.1) is 0 Å². The smallest absolute Gasteiger partial charge is 0.250 e. The predicted octanol–water partition coefficient (Wildman–Crippen LogP) is 25.1. The average Bonchev–Trinajstić information content (AvgIpc) is 1.73. The summed E-state index contributed by atoms with van der Waals surface area (Å²) in [6.07, 6.45) is 24.1. The summed E-state index contributed by atoms with van der Waals surface area (Å²) in [5.41, 5.74) is 21.6. The molecule has 147 heavy (non-hydrogen) atoms. The Morgan fingerprint density at radius 2 is 0.497 bits per heavy atom. The van der Waals surface area contributed by atoms with Crippen molar-refractivity contribution in [2.24, 2.45) is 0 Å². The van der Waals surface area contributed by atoms with Gasteiger partial charge in [0.2, 0.25) is 0 Å². The molecule has 762 valence electrons. The second kappa shape index (κ2) is 52.1. The van der Waals surface area contributed by atoms with Crippen molar-refractivity contribution in [2.75, 3.05) is 91.9 Å². The van der Waals surface area contributed by atoms with Gasteiger partial charge in [0, 0.05) is 213 Å². The molecule has 0 spiro atoms. The van der Waals surface area contributed by atoms with Crippen molar-refractivity contribution >= 4 is 58.0 Å². The highest BCUT2D eigenvalue weighted by molar-refractivity contribution is 6.32. The highest BCUT2D eigenvalue weighted by Gasteiger charge is 2.42. The molecule has 14 heterocycles. The summed E-state index contributed by atoms with van der Waals surface area (Å²) in [5.74, 6) is -2.97. The Labute approximate surface area is 883 Å². The Balaban J connectivity index is 0.000000131. The van der Waals surface area contributed by atoms with Crippen LogP contribution >= 0.6 is 58.0 Å². The van der Waals surface area contributed by atoms with Crippen molar-refractivity contribution in [3.8, 4) is 56.3 Å². The lowest BCUT2D eigenvalue weighted by Gasteiger charge is -2.40. The van der Waals surface area contributed by atoms with Crippen molar-refractivity contribution < 1.29 is 48.2 Å². The molecule has 6 aromatic carbocycles. The van der Waals surface area contributed by atoms with Gasteiger partial charge < -0.3 is 35.0 Å². The Hall–Kier alpha value is -11.6. The van der Waals surface area contributed by atoms with E-state index in [2.05, 4.69) is 82.7 Å². The molecule has 5 fully saturated rings. The summed E-state index contributed by atoms with van der Waals surface area (Å²) >= 11 is 31.4. The molecule has 5 saturated heterocycles. The van der Waals surface area contributed by atoms with Gasteiger partial charge in [0.25, 0.3) is 5.92 Å². The minimum absolute atomic E-state index is 0.153. The van der Waals surface area contributed by atoms with Crippen molar-refractivity contribution in [1.29, 1.82) is 0 Å². The number of likely N-dealkylation sites (tertiary alicyclic amines) is 3. The monoisotopic (exact) mass is 2080 g/mol. The summed E-state index contributed by atoms with van der Waals surface area (Å²) in [4.78, 5) is 51.1. The second-order valence-corrected chi connectivity index (χ2v) is 40.1. The van der Waals surface area contributed by atoms with E-state index in [1.54, 1.807) is 86.2 Å². The number of benzene rings is 6. The van der Waals surface area contributed by atoms with Gasteiger partial charge in [-0.05, 0) is 300 Å². The first-order chi connectivity index (χ1) is 71.3. The molecule has 29 heteroatoms. The van der Waals surface area contributed by atoms with Gasteiger partial charge in [0.1, 0.15) is 36.3 Å². The van der Waals surface area contributed by atoms with Crippen LogP contribution in [0.25, 0.3) is 56.3 Å². The standard InChI is InChI=1S/C24H24ClF2N3O.C24H24ClFN2O2.C24H26ClN3O.C23H24ClN3O2.C23H24ClN3O/c1-16-12-18(14-19(25)13-16)21-20(5-3-9-29-21)23(31)22(17-4-2-8-28-15-17)30-10-6-24(26,27)7-11-30;1-16-13-18(15-19(25)14-16)22-21(3-2-8-27-22)24(29)23(28-9-11-30-12-10-28)17-4-6-20(26)7-5-17;1-17-13-19(15-20(25)14-17)22-21(8-6-10-27-22)24(29)23(18-7-5-9-26-16-18)28-11-3-2-4-12-28;1-16-12-18(14-19(24)13-16)21-20(5-3-7-26-21)23(28)22(17-4-2-6-25-15-17)27-8-10-29-11-9-27;1-16-12-18(14-19(24)13-16)21-20(7-5-9-26-21)23(28)22(27-10-2-3-11-27)17-6-4-8-25-15-17/h2-5,8-9,12-15,22-23,31H,6-7,10-11H2,1H3;2-8,13-15,23-24,29H,9-12H2,1H3;5-10,13-16,23-24,29H,2-4,11-12H2,1H3;2-7,12-15,22-23,28H,8-11H2,1H3;4-9,12-15,22-23,28H,2-3,10-11H2,1H3/t22-,23+;2*23-,24+;2*22-,23+/m00000/s1. The maximum Gasteiger partial charge on any atom is 0.250 e. The molecule has 0 saturated carbocycles. The largest absolute Gasteiger partial charge is 0.386 e. The fourth-order valence-corrected chi connectivity index (χ4v) is 22.0. The summed E-state index contributed by atoms with van der Waals surface area (Å²) in [5, 5.41) is 61.1. The molecular formula is C118H122Cl5F3N14O7. The van der Waals surface area contributed by atoms with Gasteiger partial charge in [-0.25, -0.2) is 13.2 Å². The number of piperidine rings is 2. The molecule has 0 bridgehead atoms. The van der Waals surface area contributed by atoms with E-state index in [1.807, 2.05) is 228 Å². The van der Waals surface area contributed by atoms with Crippen LogP contribution in [0.15, 0.2) is 305 Å². The number of morpholine rings is 2. The molecule has 5 N–H and O–H groups in total. The van der Waals surface area contributed by atoms with E-state index in [-0.39, 0.29) is 55.9 Å². The number of nitrogens with zero attached hydrogens (tertiary/aromatic N) is 14. The van der Waals surface area contributed by atoms with Gasteiger partial charge in [-0.3, -0.25) is 69.4 Å². The number of hydrogen-bond donors (Lipinski definition) is 5. The van der Waals surface area contributed by atoms with Gasteiger partial charge >= 0.3 is 0 Å². The second-order valence-electron chi connectivity index (χ2n) is 38.0. The third-order valence-electron chi connectivity index (χ3n) is 27.3. The van der Waals surface area contributed by atoms with Gasteiger partial charge in [0.15, 0.2) is 0 Å². The topological polar surface area (TPSA) is 252 Å². The van der Waals surface area contributed by atoms with E-state index < -0.39 is 42.5 Å². The van der Waals surface area contributed by atoms with Crippen LogP contribution in [0.2, 0.25) is 25.1 Å². The maximum atomic E-state index is 13.8. The van der Waals surface area contributed by atoms with Crippen molar-refractivity contribution in [3.63, 3.8) is 0 Å². The number of rotatable bonds is 25. The average molecular weight is 2080 g/mol. The molecule has 0 radical (unpaired) electrons. The van der Waals surface area contributed by atoms with Crippen LogP contribution in [0.3, 0.4) is 0 Å². The summed E-state index contributed by atoms with van der Waals surface area (Å²) < 4.78 is 52.2. The van der Waals surface area contributed by atoms with E-state index >= 15 is 0 Å². The SMILES string of the molecule is Cc1cc(Cl)cc(-c2ncccc2[C@@H](O)[C@H](c2ccc(F)cc2)N2CCOCC2)c1.Cc1cc(Cl)cc(-c2ncccc2[C@@H](O)[C@H](c2cccnc2)N2CCC(F)(F)CC2)c1.Cc1cc(Cl)cc(-c2ncccc2[C@@H](O)[C@H](c2cccnc2)N2CCCC2)c1.Cc1cc(Cl)cc(-c2ncccc2[C@@H](O)[C@H](c2cccnc2)N2CCCCC2)c1.Cc1cc(Cl)cc(-c2ncccc2[C@@H](O)[C@H](c2cccnc2)N2CCOCC2)c1. The number of aliphatic hydroxyl groups excluding tert-OH is 5. The van der Waals surface area contributed by atoms with Crippen molar-refractivity contribution in [2.45, 2.75) is 146 Å². The van der Waals surface area contributed by atoms with Gasteiger partial charge in [0.05, 0.1) is 85.1 Å². The van der Waals surface area contributed by atoms with E-state index in [0.717, 1.165) is 182 Å². The molecule has 5 aliphatic heterocycles. The van der Waals surface area contributed by atoms with Crippen LogP contribution in [0.4, 0.5) is 13.2 Å². The van der Waals surface area contributed by atoms with Crippen LogP contribution in [0.5, 0.6) is 0 Å². The minimum Gasteiger partial charge on any atom is -0.386 e. The zero-order valence-corrected chi connectivity index (χ0v) is 86.6. The number of halogens is 8. The zero-order chi connectivity index (χ0) is 103. The van der Waals surface area contributed by atoms with E-state index in [9.17, 15) is 38.7 Å². The fraction of sp³-hybridized carbons (Fsp3) is 0.314. The van der Waals surface area contributed by atoms with E-state index in [1.165, 1.54) is 18.6 Å². The summed E-state index contributed by atoms with van der Waals surface area (Å²) in [6.45, 7) is 19.6. The van der Waals surface area contributed by atoms with Crippen LogP contribution in [-0.4, -0.2) is 193 Å². The first-order valence-electron chi connectivity index (χ1n) is 49.9. The number of hydrogen-bond acceptors (Lipinski definition) is 21. The van der Waals surface area contributed by atoms with Crippen LogP contribution < -0.4 is 0 Å². The van der Waals surface area contributed by atoms with Gasteiger partial charge in [-0.2, -0.15) is 0 Å². The molecule has 20 rings (SSSR count). The molecule has 0 aliphatic carbocycles. The molecule has 5 aliphatic rings. The molecule has 0 amide bonds. The molecule has 21 nitrogen and oxygen atoms in total. The van der Waals surface area contributed by atoms with Crippen LogP contribution in [0.1, 0.15) is 189 Å². The molecule has 10 atom stereocenters. The lowest BCUT2D eigenvalue weighted by atomic mass is 9.90. The first-order valence-corrected chi connectivity index (χ1v) is 51.8. The Bertz CT molecular complexity index is 6520. The number of pyridine rings is 9. The lowest BCUT2D eigenvalue weighted by molar-refractivity contribution is -0.0766. The molecule has 0 unspecified atom stereocenters. The predicted molar refractivity (Wildman–Crippen MR) is 576 cm³/mol. The Kier molecular flexibility index (Phi) is 38.3. The van der Waals surface area contributed by atoms with Crippen LogP contribution in [0, 0.1) is 40.4 Å². The minimum atomic E-state index is -2.67. The number of aliphatic hydroxyl groups is 5. The highest BCUT2D eigenvalue weighted by atomic mass is 35.5. The maximum absolute atomic E-state index is 13.8. The van der Waals surface area contributed by atoms with E-state index in [0.29, 0.717) is 87.1 Å². The molecule has 9 aromatic heterocycles. The molecular weight excluding hydrogens is 1960 g/mol. The number of aromatic nitrogens is 9. The van der Waals surface area contributed by atoms with Crippen molar-refractivity contribution in [1.82, 2.24) is 69.4 Å². The number of alkyl halides is 2. The number of ether oxygens (including phenoxy) is 2. The first kappa shape index (κ1) is 108.